The lowest BCUT2D eigenvalue weighted by atomic mass is 10.2. The standard InChI is InChI=1S/C21H17ClN2/c22-17-9-11-18(12-10-17)23-20-7-4-8-21-19(20)13-14-24(21)15-16-5-2-1-3-6-16/h1-14,23H,15H2. The van der Waals surface area contributed by atoms with Crippen LogP contribution in [0.1, 0.15) is 5.56 Å². The number of nitrogens with one attached hydrogen (secondary N) is 1. The first kappa shape index (κ1) is 14.9. The molecule has 3 aromatic carbocycles. The van der Waals surface area contributed by atoms with E-state index in [4.69, 9.17) is 11.6 Å². The van der Waals surface area contributed by atoms with Gasteiger partial charge in [-0.25, -0.2) is 0 Å². The van der Waals surface area contributed by atoms with Crippen LogP contribution in [0.15, 0.2) is 85.1 Å². The van der Waals surface area contributed by atoms with Crippen LogP contribution in [0, 0.1) is 0 Å². The summed E-state index contributed by atoms with van der Waals surface area (Å²) in [4.78, 5) is 0. The third-order valence-electron chi connectivity index (χ3n) is 4.13. The number of benzene rings is 3. The molecule has 0 spiro atoms. The van der Waals surface area contributed by atoms with E-state index in [1.807, 2.05) is 30.3 Å². The molecule has 1 N–H and O–H groups in total. The van der Waals surface area contributed by atoms with E-state index in [-0.39, 0.29) is 0 Å². The molecule has 0 radical (unpaired) electrons. The highest BCUT2D eigenvalue weighted by atomic mass is 35.5. The van der Waals surface area contributed by atoms with E-state index in [1.165, 1.54) is 16.5 Å². The highest BCUT2D eigenvalue weighted by molar-refractivity contribution is 6.30. The molecule has 3 heteroatoms. The van der Waals surface area contributed by atoms with E-state index in [1.54, 1.807) is 0 Å². The fourth-order valence-corrected chi connectivity index (χ4v) is 3.07. The van der Waals surface area contributed by atoms with Gasteiger partial charge in [0.05, 0.1) is 5.52 Å². The molecule has 0 amide bonds. The Hall–Kier alpha value is -2.71. The van der Waals surface area contributed by atoms with Crippen LogP contribution >= 0.6 is 11.6 Å². The molecule has 0 bridgehead atoms. The highest BCUT2D eigenvalue weighted by Gasteiger charge is 2.06. The van der Waals surface area contributed by atoms with Crippen LogP contribution in [0.3, 0.4) is 0 Å². The molecule has 0 aliphatic carbocycles. The lowest BCUT2D eigenvalue weighted by Crippen LogP contribution is -1.97. The second-order valence-electron chi connectivity index (χ2n) is 5.80. The number of rotatable bonds is 4. The predicted octanol–water partition coefficient (Wildman–Crippen LogP) is 6.09. The van der Waals surface area contributed by atoms with Gasteiger partial charge in [-0.1, -0.05) is 48.0 Å². The van der Waals surface area contributed by atoms with Crippen molar-refractivity contribution in [1.29, 1.82) is 0 Å². The number of halogens is 1. The molecule has 0 atom stereocenters. The molecule has 4 rings (SSSR count). The van der Waals surface area contributed by atoms with Gasteiger partial charge in [-0.2, -0.15) is 0 Å². The van der Waals surface area contributed by atoms with Crippen molar-refractivity contribution < 1.29 is 0 Å². The topological polar surface area (TPSA) is 17.0 Å². The molecule has 0 saturated carbocycles. The SMILES string of the molecule is Clc1ccc(Nc2cccc3c2ccn3Cc2ccccc2)cc1. The summed E-state index contributed by atoms with van der Waals surface area (Å²) in [6.07, 6.45) is 2.14. The molecular weight excluding hydrogens is 316 g/mol. The summed E-state index contributed by atoms with van der Waals surface area (Å²) in [5.41, 5.74) is 4.65. The third kappa shape index (κ3) is 3.01. The lowest BCUT2D eigenvalue weighted by molar-refractivity contribution is 0.837. The smallest absolute Gasteiger partial charge is 0.0504 e. The van der Waals surface area contributed by atoms with E-state index < -0.39 is 0 Å². The highest BCUT2D eigenvalue weighted by Crippen LogP contribution is 2.28. The molecule has 1 aromatic heterocycles. The summed E-state index contributed by atoms with van der Waals surface area (Å²) < 4.78 is 2.28. The summed E-state index contributed by atoms with van der Waals surface area (Å²) in [5.74, 6) is 0. The van der Waals surface area contributed by atoms with Gasteiger partial charge in [0.1, 0.15) is 0 Å². The average Bonchev–Trinajstić information content (AvgIpc) is 3.02. The Kier molecular flexibility index (Phi) is 3.97. The number of aromatic nitrogens is 1. The zero-order valence-corrected chi connectivity index (χ0v) is 13.9. The molecule has 0 fully saturated rings. The lowest BCUT2D eigenvalue weighted by Gasteiger charge is -2.10. The van der Waals surface area contributed by atoms with Gasteiger partial charge < -0.3 is 9.88 Å². The molecule has 2 nitrogen and oxygen atoms in total. The van der Waals surface area contributed by atoms with Gasteiger partial charge in [-0.05, 0) is 48.0 Å². The summed E-state index contributed by atoms with van der Waals surface area (Å²) in [5, 5.41) is 5.43. The summed E-state index contributed by atoms with van der Waals surface area (Å²) >= 11 is 5.96. The minimum atomic E-state index is 0.743. The van der Waals surface area contributed by atoms with Crippen LogP contribution in [0.5, 0.6) is 0 Å². The second kappa shape index (κ2) is 6.42. The van der Waals surface area contributed by atoms with Gasteiger partial charge >= 0.3 is 0 Å². The molecule has 24 heavy (non-hydrogen) atoms. The molecule has 4 aromatic rings. The van der Waals surface area contributed by atoms with Crippen molar-refractivity contribution in [3.05, 3.63) is 95.6 Å². The summed E-state index contributed by atoms with van der Waals surface area (Å²) in [6, 6.07) is 26.8. The van der Waals surface area contributed by atoms with Gasteiger partial charge in [-0.15, -0.1) is 0 Å². The van der Waals surface area contributed by atoms with Crippen LogP contribution in [0.25, 0.3) is 10.9 Å². The first-order valence-corrected chi connectivity index (χ1v) is 8.32. The minimum Gasteiger partial charge on any atom is -0.355 e. The molecular formula is C21H17ClN2. The van der Waals surface area contributed by atoms with Gasteiger partial charge in [0.15, 0.2) is 0 Å². The van der Waals surface area contributed by atoms with Crippen LogP contribution in [0.4, 0.5) is 11.4 Å². The first-order valence-electron chi connectivity index (χ1n) is 7.94. The fourth-order valence-electron chi connectivity index (χ4n) is 2.94. The Balaban J connectivity index is 1.67. The molecule has 0 unspecified atom stereocenters. The fraction of sp³-hybridized carbons (Fsp3) is 0.0476. The van der Waals surface area contributed by atoms with Crippen LogP contribution in [-0.4, -0.2) is 4.57 Å². The Morgan fingerprint density at radius 2 is 1.58 bits per heavy atom. The molecule has 0 saturated heterocycles. The van der Waals surface area contributed by atoms with Crippen molar-refractivity contribution in [1.82, 2.24) is 4.57 Å². The van der Waals surface area contributed by atoms with Gasteiger partial charge in [0, 0.05) is 34.5 Å². The zero-order valence-electron chi connectivity index (χ0n) is 13.1. The number of hydrogen-bond donors (Lipinski definition) is 1. The quantitative estimate of drug-likeness (QED) is 0.478. The molecule has 118 valence electrons. The Morgan fingerprint density at radius 1 is 0.792 bits per heavy atom. The van der Waals surface area contributed by atoms with Crippen molar-refractivity contribution in [2.75, 3.05) is 5.32 Å². The van der Waals surface area contributed by atoms with Gasteiger partial charge in [0.25, 0.3) is 0 Å². The summed E-state index contributed by atoms with van der Waals surface area (Å²) in [6.45, 7) is 0.870. The second-order valence-corrected chi connectivity index (χ2v) is 6.24. The number of fused-ring (bicyclic) bond motifs is 1. The maximum Gasteiger partial charge on any atom is 0.0504 e. The van der Waals surface area contributed by atoms with Crippen LogP contribution < -0.4 is 5.32 Å². The predicted molar refractivity (Wildman–Crippen MR) is 102 cm³/mol. The largest absolute Gasteiger partial charge is 0.355 e. The van der Waals surface area contributed by atoms with E-state index >= 15 is 0 Å². The Bertz CT molecular complexity index is 956. The maximum absolute atomic E-state index is 5.96. The first-order chi connectivity index (χ1) is 11.8. The van der Waals surface area contributed by atoms with Crippen molar-refractivity contribution in [3.63, 3.8) is 0 Å². The van der Waals surface area contributed by atoms with Crippen molar-refractivity contribution in [2.45, 2.75) is 6.54 Å². The van der Waals surface area contributed by atoms with E-state index in [2.05, 4.69) is 64.6 Å². The van der Waals surface area contributed by atoms with E-state index in [9.17, 15) is 0 Å². The minimum absolute atomic E-state index is 0.743. The van der Waals surface area contributed by atoms with Crippen LogP contribution in [0.2, 0.25) is 5.02 Å². The third-order valence-corrected chi connectivity index (χ3v) is 4.38. The summed E-state index contributed by atoms with van der Waals surface area (Å²) in [7, 11) is 0. The van der Waals surface area contributed by atoms with Crippen molar-refractivity contribution >= 4 is 33.9 Å². The maximum atomic E-state index is 5.96. The Labute approximate surface area is 146 Å². The normalized spacial score (nSPS) is 10.9. The van der Waals surface area contributed by atoms with E-state index in [0.29, 0.717) is 0 Å². The van der Waals surface area contributed by atoms with Gasteiger partial charge in [-0.3, -0.25) is 0 Å². The molecule has 0 aliphatic heterocycles. The number of anilines is 2. The number of hydrogen-bond acceptors (Lipinski definition) is 1. The zero-order chi connectivity index (χ0) is 16.4. The van der Waals surface area contributed by atoms with Gasteiger partial charge in [0.2, 0.25) is 0 Å². The monoisotopic (exact) mass is 332 g/mol. The molecule has 0 aliphatic rings. The van der Waals surface area contributed by atoms with Crippen LogP contribution in [-0.2, 0) is 6.54 Å². The number of nitrogens with zero attached hydrogens (tertiary/aromatic N) is 1. The average molecular weight is 333 g/mol. The van der Waals surface area contributed by atoms with Crippen molar-refractivity contribution in [3.8, 4) is 0 Å². The molecule has 1 heterocycles. The van der Waals surface area contributed by atoms with Crippen molar-refractivity contribution in [2.24, 2.45) is 0 Å². The Morgan fingerprint density at radius 3 is 2.38 bits per heavy atom. The van der Waals surface area contributed by atoms with E-state index in [0.717, 1.165) is 22.9 Å².